The summed E-state index contributed by atoms with van der Waals surface area (Å²) in [5.41, 5.74) is 0.505. The summed E-state index contributed by atoms with van der Waals surface area (Å²) in [5, 5.41) is 19.7. The maximum absolute atomic E-state index is 14.0. The van der Waals surface area contributed by atoms with Gasteiger partial charge >= 0.3 is 5.97 Å². The van der Waals surface area contributed by atoms with E-state index in [0.29, 0.717) is 17.1 Å². The molecule has 1 spiro atoms. The van der Waals surface area contributed by atoms with E-state index >= 15 is 0 Å². The third-order valence-corrected chi connectivity index (χ3v) is 9.22. The Morgan fingerprint density at radius 1 is 1.42 bits per heavy atom. The van der Waals surface area contributed by atoms with Gasteiger partial charge in [0.25, 0.3) is 5.91 Å². The first-order chi connectivity index (χ1) is 14.8. The summed E-state index contributed by atoms with van der Waals surface area (Å²) in [6.45, 7) is 5.59. The third kappa shape index (κ3) is 3.10. The first-order valence-electron chi connectivity index (χ1n) is 10.3. The van der Waals surface area contributed by atoms with Crippen molar-refractivity contribution in [1.29, 1.82) is 0 Å². The van der Waals surface area contributed by atoms with Crippen molar-refractivity contribution in [2.45, 2.75) is 29.4 Å². The molecule has 3 saturated heterocycles. The van der Waals surface area contributed by atoms with E-state index in [1.54, 1.807) is 30.3 Å². The van der Waals surface area contributed by atoms with E-state index in [1.807, 2.05) is 6.92 Å². The molecule has 4 rings (SSSR count). The SMILES string of the molecule is C=CCN(C(=O)C1N(CCO)C(=O)[C@@H]2[C@H](C(=O)O)[C@@H]3CC(C)C12S3)c1ccccc1Cl. The molecular formula is C22H25ClN2O5S. The van der Waals surface area contributed by atoms with Crippen LogP contribution in [0.25, 0.3) is 0 Å². The highest BCUT2D eigenvalue weighted by Crippen LogP contribution is 2.68. The number of hydrogen-bond acceptors (Lipinski definition) is 5. The number of benzene rings is 1. The van der Waals surface area contributed by atoms with Gasteiger partial charge in [-0.15, -0.1) is 18.3 Å². The Labute approximate surface area is 190 Å². The number of likely N-dealkylation sites (tertiary alicyclic amines) is 1. The maximum Gasteiger partial charge on any atom is 0.308 e. The molecule has 31 heavy (non-hydrogen) atoms. The van der Waals surface area contributed by atoms with Gasteiger partial charge in [-0.1, -0.05) is 36.7 Å². The minimum atomic E-state index is -1.00. The molecule has 7 nitrogen and oxygen atoms in total. The Morgan fingerprint density at radius 3 is 2.74 bits per heavy atom. The lowest BCUT2D eigenvalue weighted by atomic mass is 9.66. The van der Waals surface area contributed by atoms with Crippen LogP contribution in [0.5, 0.6) is 0 Å². The van der Waals surface area contributed by atoms with Crippen molar-refractivity contribution < 1.29 is 24.6 Å². The van der Waals surface area contributed by atoms with E-state index in [-0.39, 0.29) is 42.7 Å². The molecule has 3 aliphatic rings. The van der Waals surface area contributed by atoms with Crippen molar-refractivity contribution in [3.05, 3.63) is 41.9 Å². The van der Waals surface area contributed by atoms with E-state index in [2.05, 4.69) is 6.58 Å². The normalized spacial score (nSPS) is 33.5. The fourth-order valence-electron chi connectivity index (χ4n) is 5.68. The predicted molar refractivity (Wildman–Crippen MR) is 119 cm³/mol. The van der Waals surface area contributed by atoms with Gasteiger partial charge < -0.3 is 20.0 Å². The number of rotatable bonds is 7. The summed E-state index contributed by atoms with van der Waals surface area (Å²) in [7, 11) is 0. The summed E-state index contributed by atoms with van der Waals surface area (Å²) in [6.07, 6.45) is 2.22. The lowest BCUT2D eigenvalue weighted by Gasteiger charge is -2.40. The van der Waals surface area contributed by atoms with Crippen molar-refractivity contribution in [3.63, 3.8) is 0 Å². The number of carbonyl (C=O) groups excluding carboxylic acids is 2. The quantitative estimate of drug-likeness (QED) is 0.601. The Balaban J connectivity index is 1.83. The summed E-state index contributed by atoms with van der Waals surface area (Å²) >= 11 is 7.85. The van der Waals surface area contributed by atoms with Crippen LogP contribution in [0.1, 0.15) is 13.3 Å². The number of anilines is 1. The van der Waals surface area contributed by atoms with Crippen LogP contribution in [-0.2, 0) is 14.4 Å². The Morgan fingerprint density at radius 2 is 2.13 bits per heavy atom. The minimum absolute atomic E-state index is 0.0256. The summed E-state index contributed by atoms with van der Waals surface area (Å²) in [5.74, 6) is -3.35. The standard InChI is InChI=1S/C22H25ClN2O5S/c1-3-8-24(14-7-5-4-6-13(14)23)20(28)18-22-12(2)11-15(31-22)16(21(29)30)17(22)19(27)25(18)9-10-26/h3-7,12,15-18,26H,1,8-11H2,2H3,(H,29,30)/t12?,15-,16+,17-,18?,22?/m0/s1. The molecule has 3 aliphatic heterocycles. The number of carboxylic acid groups (broad SMARTS) is 1. The fraction of sp³-hybridized carbons (Fsp3) is 0.500. The lowest BCUT2D eigenvalue weighted by molar-refractivity contribution is -0.149. The van der Waals surface area contributed by atoms with Crippen molar-refractivity contribution in [3.8, 4) is 0 Å². The van der Waals surface area contributed by atoms with Crippen molar-refractivity contribution >= 4 is 46.8 Å². The van der Waals surface area contributed by atoms with Crippen molar-refractivity contribution in [2.75, 3.05) is 24.6 Å². The highest BCUT2D eigenvalue weighted by atomic mass is 35.5. The number of aliphatic carboxylic acids is 1. The molecule has 3 unspecified atom stereocenters. The number of carboxylic acids is 1. The highest BCUT2D eigenvalue weighted by Gasteiger charge is 2.76. The fourth-order valence-corrected chi connectivity index (χ4v) is 8.33. The van der Waals surface area contributed by atoms with Crippen LogP contribution >= 0.6 is 23.4 Å². The maximum atomic E-state index is 14.0. The summed E-state index contributed by atoms with van der Waals surface area (Å²) in [6, 6.07) is 6.07. The second-order valence-corrected chi connectivity index (χ2v) is 10.3. The molecule has 1 aromatic carbocycles. The smallest absolute Gasteiger partial charge is 0.308 e. The van der Waals surface area contributed by atoms with Crippen molar-refractivity contribution in [2.24, 2.45) is 17.8 Å². The molecule has 0 aromatic heterocycles. The average molecular weight is 465 g/mol. The number of amides is 2. The molecule has 9 heteroatoms. The molecule has 3 fully saturated rings. The highest BCUT2D eigenvalue weighted by molar-refractivity contribution is 8.02. The average Bonchev–Trinajstić information content (AvgIpc) is 3.31. The molecule has 2 amide bonds. The van der Waals surface area contributed by atoms with E-state index < -0.39 is 28.6 Å². The number of aliphatic hydroxyl groups excluding tert-OH is 1. The van der Waals surface area contributed by atoms with E-state index in [1.165, 1.54) is 21.6 Å². The molecule has 2 bridgehead atoms. The van der Waals surface area contributed by atoms with Crippen LogP contribution in [0.2, 0.25) is 5.02 Å². The molecule has 2 N–H and O–H groups in total. The Kier molecular flexibility index (Phi) is 5.83. The van der Waals surface area contributed by atoms with Crippen molar-refractivity contribution in [1.82, 2.24) is 4.90 Å². The first kappa shape index (κ1) is 22.2. The van der Waals surface area contributed by atoms with Gasteiger partial charge in [0.2, 0.25) is 5.91 Å². The molecule has 3 heterocycles. The van der Waals surface area contributed by atoms with Crippen LogP contribution in [-0.4, -0.2) is 68.6 Å². The second kappa shape index (κ2) is 8.15. The van der Waals surface area contributed by atoms with Crippen LogP contribution in [0, 0.1) is 17.8 Å². The first-order valence-corrected chi connectivity index (χ1v) is 11.5. The third-order valence-electron chi connectivity index (χ3n) is 6.83. The van der Waals surface area contributed by atoms with Gasteiger partial charge in [-0.25, -0.2) is 0 Å². The number of fused-ring (bicyclic) bond motifs is 1. The zero-order valence-electron chi connectivity index (χ0n) is 17.1. The van der Waals surface area contributed by atoms with E-state index in [4.69, 9.17) is 11.6 Å². The monoisotopic (exact) mass is 464 g/mol. The van der Waals surface area contributed by atoms with Crippen LogP contribution in [0.15, 0.2) is 36.9 Å². The zero-order chi connectivity index (χ0) is 22.5. The Hall–Kier alpha value is -2.03. The number of aliphatic hydroxyl groups is 1. The molecule has 1 aromatic rings. The van der Waals surface area contributed by atoms with Gasteiger partial charge in [0.15, 0.2) is 0 Å². The second-order valence-electron chi connectivity index (χ2n) is 8.34. The number of hydrogen-bond donors (Lipinski definition) is 2. The van der Waals surface area contributed by atoms with Gasteiger partial charge in [-0.2, -0.15) is 0 Å². The van der Waals surface area contributed by atoms with Crippen LogP contribution in [0.3, 0.4) is 0 Å². The number of para-hydroxylation sites is 1. The predicted octanol–water partition coefficient (Wildman–Crippen LogP) is 2.27. The van der Waals surface area contributed by atoms with Gasteiger partial charge in [0.1, 0.15) is 6.04 Å². The Bertz CT molecular complexity index is 942. The van der Waals surface area contributed by atoms with Crippen LogP contribution in [0.4, 0.5) is 5.69 Å². The lowest BCUT2D eigenvalue weighted by Crippen LogP contribution is -2.57. The zero-order valence-corrected chi connectivity index (χ0v) is 18.7. The van der Waals surface area contributed by atoms with Gasteiger partial charge in [0.05, 0.1) is 33.9 Å². The molecule has 0 saturated carbocycles. The van der Waals surface area contributed by atoms with Gasteiger partial charge in [-0.3, -0.25) is 14.4 Å². The van der Waals surface area contributed by atoms with E-state index in [0.717, 1.165) is 0 Å². The molecule has 6 atom stereocenters. The largest absolute Gasteiger partial charge is 0.481 e. The molecular weight excluding hydrogens is 440 g/mol. The van der Waals surface area contributed by atoms with E-state index in [9.17, 15) is 24.6 Å². The molecule has 166 valence electrons. The minimum Gasteiger partial charge on any atom is -0.481 e. The summed E-state index contributed by atoms with van der Waals surface area (Å²) < 4.78 is -0.849. The topological polar surface area (TPSA) is 98.2 Å². The molecule has 0 radical (unpaired) electrons. The van der Waals surface area contributed by atoms with Gasteiger partial charge in [0, 0.05) is 18.3 Å². The number of carbonyl (C=O) groups is 3. The number of halogens is 1. The number of nitrogens with zero attached hydrogens (tertiary/aromatic N) is 2. The molecule has 0 aliphatic carbocycles. The number of β-amino-alcohol motifs (C(OH)–C–C–N with tert-alkyl or cyclic N) is 1. The number of thioether (sulfide) groups is 1. The van der Waals surface area contributed by atoms with Gasteiger partial charge in [-0.05, 0) is 24.5 Å². The summed E-state index contributed by atoms with van der Waals surface area (Å²) in [4.78, 5) is 42.5. The van der Waals surface area contributed by atoms with Crippen LogP contribution < -0.4 is 4.90 Å².